The average molecular weight is 338 g/mol. The van der Waals surface area contributed by atoms with Gasteiger partial charge in [-0.3, -0.25) is 4.79 Å². The van der Waals surface area contributed by atoms with Crippen molar-refractivity contribution in [1.82, 2.24) is 5.32 Å². The second-order valence-corrected chi connectivity index (χ2v) is 6.41. The molecule has 0 spiro atoms. The zero-order valence-corrected chi connectivity index (χ0v) is 13.8. The summed E-state index contributed by atoms with van der Waals surface area (Å²) in [6.45, 7) is 2.53. The fourth-order valence-electron chi connectivity index (χ4n) is 1.85. The highest BCUT2D eigenvalue weighted by Crippen LogP contribution is 2.19. The standard InChI is InChI=1S/C17H17ClFNOS/c1-12-2-4-13(5-3-12)9-20-17(21)11-22-10-14-6-7-15(18)8-16(14)19/h2-8H,9-11H2,1H3,(H,20,21). The number of rotatable bonds is 6. The molecule has 116 valence electrons. The molecule has 0 bridgehead atoms. The van der Waals surface area contributed by atoms with Crippen molar-refractivity contribution in [2.24, 2.45) is 0 Å². The van der Waals surface area contributed by atoms with Gasteiger partial charge in [0.2, 0.25) is 5.91 Å². The van der Waals surface area contributed by atoms with E-state index in [0.29, 0.717) is 28.6 Å². The van der Waals surface area contributed by atoms with Gasteiger partial charge in [-0.15, -0.1) is 11.8 Å². The lowest BCUT2D eigenvalue weighted by atomic mass is 10.1. The van der Waals surface area contributed by atoms with Crippen LogP contribution >= 0.6 is 23.4 Å². The fraction of sp³-hybridized carbons (Fsp3) is 0.235. The molecule has 5 heteroatoms. The SMILES string of the molecule is Cc1ccc(CNC(=O)CSCc2ccc(Cl)cc2F)cc1. The van der Waals surface area contributed by atoms with E-state index in [0.717, 1.165) is 5.56 Å². The Labute approximate surface area is 139 Å². The molecule has 2 aromatic rings. The van der Waals surface area contributed by atoms with Crippen molar-refractivity contribution in [2.45, 2.75) is 19.2 Å². The Bertz CT molecular complexity index is 646. The van der Waals surface area contributed by atoms with Gasteiger partial charge in [-0.1, -0.05) is 47.5 Å². The fourth-order valence-corrected chi connectivity index (χ4v) is 2.85. The summed E-state index contributed by atoms with van der Waals surface area (Å²) in [4.78, 5) is 11.8. The van der Waals surface area contributed by atoms with Crippen molar-refractivity contribution in [3.63, 3.8) is 0 Å². The maximum atomic E-state index is 13.6. The van der Waals surface area contributed by atoms with Crippen LogP contribution in [0.2, 0.25) is 5.02 Å². The highest BCUT2D eigenvalue weighted by molar-refractivity contribution is 7.99. The molecule has 0 aliphatic heterocycles. The maximum Gasteiger partial charge on any atom is 0.230 e. The minimum absolute atomic E-state index is 0.0556. The topological polar surface area (TPSA) is 29.1 Å². The van der Waals surface area contributed by atoms with Crippen molar-refractivity contribution in [1.29, 1.82) is 0 Å². The first kappa shape index (κ1) is 16.8. The number of halogens is 2. The van der Waals surface area contributed by atoms with Gasteiger partial charge in [-0.05, 0) is 30.2 Å². The molecule has 0 saturated carbocycles. The molecular weight excluding hydrogens is 321 g/mol. The molecule has 0 atom stereocenters. The lowest BCUT2D eigenvalue weighted by Gasteiger charge is -2.06. The summed E-state index contributed by atoms with van der Waals surface area (Å²) < 4.78 is 13.6. The van der Waals surface area contributed by atoms with Crippen molar-refractivity contribution in [3.05, 3.63) is 70.0 Å². The molecule has 0 heterocycles. The van der Waals surface area contributed by atoms with Crippen LogP contribution in [0.1, 0.15) is 16.7 Å². The van der Waals surface area contributed by atoms with Gasteiger partial charge >= 0.3 is 0 Å². The van der Waals surface area contributed by atoms with E-state index in [9.17, 15) is 9.18 Å². The molecule has 0 aliphatic rings. The Kier molecular flexibility index (Phi) is 6.28. The molecule has 2 aromatic carbocycles. The molecule has 0 saturated heterocycles. The van der Waals surface area contributed by atoms with E-state index in [4.69, 9.17) is 11.6 Å². The zero-order chi connectivity index (χ0) is 15.9. The number of hydrogen-bond acceptors (Lipinski definition) is 2. The molecule has 1 amide bonds. The van der Waals surface area contributed by atoms with Crippen LogP contribution in [-0.4, -0.2) is 11.7 Å². The van der Waals surface area contributed by atoms with E-state index < -0.39 is 0 Å². The minimum Gasteiger partial charge on any atom is -0.351 e. The van der Waals surface area contributed by atoms with Crippen LogP contribution in [-0.2, 0) is 17.1 Å². The monoisotopic (exact) mass is 337 g/mol. The third kappa shape index (κ3) is 5.35. The predicted octanol–water partition coefficient (Wildman–Crippen LogP) is 4.34. The number of benzene rings is 2. The van der Waals surface area contributed by atoms with E-state index in [-0.39, 0.29) is 11.7 Å². The Morgan fingerprint density at radius 2 is 1.95 bits per heavy atom. The quantitative estimate of drug-likeness (QED) is 0.849. The first-order chi connectivity index (χ1) is 10.5. The summed E-state index contributed by atoms with van der Waals surface area (Å²) in [5.74, 6) is 0.356. The summed E-state index contributed by atoms with van der Waals surface area (Å²) >= 11 is 7.08. The number of hydrogen-bond donors (Lipinski definition) is 1. The Balaban J connectivity index is 1.72. The van der Waals surface area contributed by atoms with Gasteiger partial charge in [0, 0.05) is 17.3 Å². The van der Waals surface area contributed by atoms with E-state index in [1.807, 2.05) is 31.2 Å². The lowest BCUT2D eigenvalue weighted by Crippen LogP contribution is -2.24. The number of carbonyl (C=O) groups excluding carboxylic acids is 1. The predicted molar refractivity (Wildman–Crippen MR) is 90.6 cm³/mol. The first-order valence-corrected chi connectivity index (χ1v) is 8.42. The average Bonchev–Trinajstić information content (AvgIpc) is 2.49. The molecule has 0 fully saturated rings. The number of amides is 1. The normalized spacial score (nSPS) is 10.5. The Hall–Kier alpha value is -1.52. The highest BCUT2D eigenvalue weighted by Gasteiger charge is 2.06. The van der Waals surface area contributed by atoms with Crippen LogP contribution in [0.25, 0.3) is 0 Å². The Morgan fingerprint density at radius 3 is 2.64 bits per heavy atom. The summed E-state index contributed by atoms with van der Waals surface area (Å²) in [7, 11) is 0. The molecular formula is C17H17ClFNOS. The molecule has 2 rings (SSSR count). The third-order valence-electron chi connectivity index (χ3n) is 3.12. The van der Waals surface area contributed by atoms with Crippen LogP contribution < -0.4 is 5.32 Å². The number of thioether (sulfide) groups is 1. The number of aryl methyl sites for hydroxylation is 1. The van der Waals surface area contributed by atoms with Gasteiger partial charge in [0.1, 0.15) is 5.82 Å². The summed E-state index contributed by atoms with van der Waals surface area (Å²) in [5, 5.41) is 3.23. The van der Waals surface area contributed by atoms with Gasteiger partial charge in [0.25, 0.3) is 0 Å². The summed E-state index contributed by atoms with van der Waals surface area (Å²) in [6, 6.07) is 12.6. The van der Waals surface area contributed by atoms with Crippen LogP contribution in [0.5, 0.6) is 0 Å². The molecule has 0 aliphatic carbocycles. The lowest BCUT2D eigenvalue weighted by molar-refractivity contribution is -0.118. The van der Waals surface area contributed by atoms with Crippen LogP contribution in [0.15, 0.2) is 42.5 Å². The molecule has 0 radical (unpaired) electrons. The van der Waals surface area contributed by atoms with Gasteiger partial charge in [0.15, 0.2) is 0 Å². The van der Waals surface area contributed by atoms with Crippen molar-refractivity contribution < 1.29 is 9.18 Å². The van der Waals surface area contributed by atoms with Crippen molar-refractivity contribution >= 4 is 29.3 Å². The van der Waals surface area contributed by atoms with Crippen LogP contribution in [0.4, 0.5) is 4.39 Å². The molecule has 0 aromatic heterocycles. The third-order valence-corrected chi connectivity index (χ3v) is 4.33. The summed E-state index contributed by atoms with van der Waals surface area (Å²) in [6.07, 6.45) is 0. The van der Waals surface area contributed by atoms with Crippen LogP contribution in [0.3, 0.4) is 0 Å². The molecule has 2 nitrogen and oxygen atoms in total. The largest absolute Gasteiger partial charge is 0.351 e. The van der Waals surface area contributed by atoms with Gasteiger partial charge in [-0.2, -0.15) is 0 Å². The summed E-state index contributed by atoms with van der Waals surface area (Å²) in [5.41, 5.74) is 2.81. The maximum absolute atomic E-state index is 13.6. The molecule has 0 unspecified atom stereocenters. The smallest absolute Gasteiger partial charge is 0.230 e. The second kappa shape index (κ2) is 8.20. The second-order valence-electron chi connectivity index (χ2n) is 4.99. The van der Waals surface area contributed by atoms with E-state index in [2.05, 4.69) is 5.32 Å². The number of carbonyl (C=O) groups is 1. The van der Waals surface area contributed by atoms with Gasteiger partial charge in [0.05, 0.1) is 5.75 Å². The van der Waals surface area contributed by atoms with Gasteiger partial charge in [-0.25, -0.2) is 4.39 Å². The molecule has 22 heavy (non-hydrogen) atoms. The minimum atomic E-state index is -0.333. The van der Waals surface area contributed by atoms with E-state index in [1.54, 1.807) is 12.1 Å². The highest BCUT2D eigenvalue weighted by atomic mass is 35.5. The Morgan fingerprint density at radius 1 is 1.23 bits per heavy atom. The number of nitrogens with one attached hydrogen (secondary N) is 1. The van der Waals surface area contributed by atoms with E-state index >= 15 is 0 Å². The van der Waals surface area contributed by atoms with Crippen LogP contribution in [0, 0.1) is 12.7 Å². The van der Waals surface area contributed by atoms with E-state index in [1.165, 1.54) is 23.4 Å². The molecule has 1 N–H and O–H groups in total. The van der Waals surface area contributed by atoms with Crippen molar-refractivity contribution in [3.8, 4) is 0 Å². The zero-order valence-electron chi connectivity index (χ0n) is 12.2. The first-order valence-electron chi connectivity index (χ1n) is 6.88. The van der Waals surface area contributed by atoms with Gasteiger partial charge < -0.3 is 5.32 Å². The van der Waals surface area contributed by atoms with Crippen molar-refractivity contribution in [2.75, 3.05) is 5.75 Å².